The summed E-state index contributed by atoms with van der Waals surface area (Å²) < 4.78 is 4.79. The zero-order chi connectivity index (χ0) is 23.2. The highest BCUT2D eigenvalue weighted by Gasteiger charge is 2.28. The SMILES string of the molecule is COC(=O)[C@H](CC(C)C)NC(=O)[C@H](Cc1ccccc1)NC(=O)CC[C@H](O)CN=[N+]=[N-]. The van der Waals surface area contributed by atoms with E-state index in [2.05, 4.69) is 20.7 Å². The fourth-order valence-corrected chi connectivity index (χ4v) is 2.95. The van der Waals surface area contributed by atoms with Gasteiger partial charge in [0, 0.05) is 17.8 Å². The number of azide groups is 1. The molecule has 3 N–H and O–H groups in total. The number of ether oxygens (including phenoxy) is 1. The number of nitrogens with one attached hydrogen (secondary N) is 2. The van der Waals surface area contributed by atoms with E-state index in [0.717, 1.165) is 5.56 Å². The van der Waals surface area contributed by atoms with E-state index in [9.17, 15) is 19.5 Å². The van der Waals surface area contributed by atoms with Crippen molar-refractivity contribution >= 4 is 17.8 Å². The third-order valence-electron chi connectivity index (χ3n) is 4.50. The van der Waals surface area contributed by atoms with Crippen LogP contribution in [0.4, 0.5) is 0 Å². The third-order valence-corrected chi connectivity index (χ3v) is 4.50. The van der Waals surface area contributed by atoms with Crippen LogP contribution in [-0.4, -0.2) is 54.7 Å². The minimum atomic E-state index is -0.946. The van der Waals surface area contributed by atoms with E-state index in [1.807, 2.05) is 44.2 Å². The van der Waals surface area contributed by atoms with Crippen molar-refractivity contribution in [1.29, 1.82) is 0 Å². The lowest BCUT2D eigenvalue weighted by Crippen LogP contribution is -2.53. The summed E-state index contributed by atoms with van der Waals surface area (Å²) in [4.78, 5) is 39.9. The Bertz CT molecular complexity index is 765. The number of rotatable bonds is 13. The Labute approximate surface area is 182 Å². The molecular formula is C21H31N5O5. The van der Waals surface area contributed by atoms with E-state index in [1.54, 1.807) is 0 Å². The molecule has 31 heavy (non-hydrogen) atoms. The Morgan fingerprint density at radius 2 is 1.84 bits per heavy atom. The first-order valence-electron chi connectivity index (χ1n) is 10.2. The molecule has 170 valence electrons. The normalized spacial score (nSPS) is 13.5. The molecule has 0 saturated carbocycles. The average molecular weight is 434 g/mol. The van der Waals surface area contributed by atoms with Crippen molar-refractivity contribution in [3.8, 4) is 0 Å². The fourth-order valence-electron chi connectivity index (χ4n) is 2.95. The van der Waals surface area contributed by atoms with E-state index in [1.165, 1.54) is 7.11 Å². The highest BCUT2D eigenvalue weighted by Crippen LogP contribution is 2.09. The molecule has 1 rings (SSSR count). The van der Waals surface area contributed by atoms with Gasteiger partial charge in [-0.3, -0.25) is 9.59 Å². The van der Waals surface area contributed by atoms with Gasteiger partial charge in [0.15, 0.2) is 0 Å². The van der Waals surface area contributed by atoms with Crippen molar-refractivity contribution in [1.82, 2.24) is 10.6 Å². The molecule has 0 saturated heterocycles. The molecule has 3 atom stereocenters. The molecule has 0 spiro atoms. The van der Waals surface area contributed by atoms with Gasteiger partial charge in [-0.1, -0.05) is 49.3 Å². The standard InChI is InChI=1S/C21H31N5O5/c1-14(2)11-18(21(30)31-3)25-20(29)17(12-15-7-5-4-6-8-15)24-19(28)10-9-16(27)13-23-26-22/h4-8,14,16-18,27H,9-13H2,1-3H3,(H,24,28)(H,25,29)/t16-,17-,18-/m0/s1. The highest BCUT2D eigenvalue weighted by atomic mass is 16.5. The van der Waals surface area contributed by atoms with E-state index < -0.39 is 36.0 Å². The number of carbonyl (C=O) groups is 3. The van der Waals surface area contributed by atoms with Crippen LogP contribution in [0, 0.1) is 5.92 Å². The van der Waals surface area contributed by atoms with Crippen LogP contribution in [0.15, 0.2) is 35.4 Å². The van der Waals surface area contributed by atoms with Crippen LogP contribution >= 0.6 is 0 Å². The summed E-state index contributed by atoms with van der Waals surface area (Å²) in [6.07, 6.45) is -0.279. The number of esters is 1. The predicted molar refractivity (Wildman–Crippen MR) is 115 cm³/mol. The molecule has 0 aliphatic heterocycles. The van der Waals surface area contributed by atoms with Crippen LogP contribution < -0.4 is 10.6 Å². The molecule has 0 heterocycles. The van der Waals surface area contributed by atoms with Crippen molar-refractivity contribution < 1.29 is 24.2 Å². The van der Waals surface area contributed by atoms with Crippen molar-refractivity contribution in [3.05, 3.63) is 46.3 Å². The van der Waals surface area contributed by atoms with Crippen LogP contribution in [-0.2, 0) is 25.5 Å². The van der Waals surface area contributed by atoms with Crippen LogP contribution in [0.25, 0.3) is 10.4 Å². The van der Waals surface area contributed by atoms with Crippen molar-refractivity contribution in [2.45, 2.75) is 57.7 Å². The van der Waals surface area contributed by atoms with Crippen LogP contribution in [0.2, 0.25) is 0 Å². The van der Waals surface area contributed by atoms with Gasteiger partial charge in [-0.15, -0.1) is 0 Å². The molecule has 2 amide bonds. The third kappa shape index (κ3) is 10.5. The second-order valence-corrected chi connectivity index (χ2v) is 7.63. The number of carbonyl (C=O) groups excluding carboxylic acids is 3. The molecule has 0 radical (unpaired) electrons. The maximum Gasteiger partial charge on any atom is 0.328 e. The lowest BCUT2D eigenvalue weighted by molar-refractivity contribution is -0.145. The van der Waals surface area contributed by atoms with Gasteiger partial charge in [0.25, 0.3) is 0 Å². The second-order valence-electron chi connectivity index (χ2n) is 7.63. The minimum absolute atomic E-state index is 0.0485. The summed E-state index contributed by atoms with van der Waals surface area (Å²) in [5.74, 6) is -1.34. The minimum Gasteiger partial charge on any atom is -0.467 e. The number of aliphatic hydroxyl groups excluding tert-OH is 1. The summed E-state index contributed by atoms with van der Waals surface area (Å²) in [6, 6.07) is 7.44. The highest BCUT2D eigenvalue weighted by molar-refractivity contribution is 5.91. The van der Waals surface area contributed by atoms with Crippen molar-refractivity contribution in [2.24, 2.45) is 11.0 Å². The Kier molecular flexibility index (Phi) is 11.7. The maximum atomic E-state index is 12.9. The van der Waals surface area contributed by atoms with Gasteiger partial charge in [0.2, 0.25) is 11.8 Å². The maximum absolute atomic E-state index is 12.9. The monoisotopic (exact) mass is 433 g/mol. The molecule has 1 aromatic carbocycles. The fraction of sp³-hybridized carbons (Fsp3) is 0.571. The molecule has 0 unspecified atom stereocenters. The quantitative estimate of drug-likeness (QED) is 0.187. The van der Waals surface area contributed by atoms with Gasteiger partial charge in [0.1, 0.15) is 12.1 Å². The average Bonchev–Trinajstić information content (AvgIpc) is 2.75. The number of benzene rings is 1. The summed E-state index contributed by atoms with van der Waals surface area (Å²) in [6.45, 7) is 3.72. The van der Waals surface area contributed by atoms with Gasteiger partial charge in [-0.25, -0.2) is 4.79 Å². The molecule has 0 fully saturated rings. The number of methoxy groups -OCH3 is 1. The summed E-state index contributed by atoms with van der Waals surface area (Å²) in [7, 11) is 1.26. The summed E-state index contributed by atoms with van der Waals surface area (Å²) in [5.41, 5.74) is 9.12. The number of nitrogens with zero attached hydrogens (tertiary/aromatic N) is 3. The van der Waals surface area contributed by atoms with Crippen LogP contribution in [0.3, 0.4) is 0 Å². The molecule has 0 aromatic heterocycles. The Balaban J connectivity index is 2.86. The molecule has 10 heteroatoms. The number of amides is 2. The molecule has 10 nitrogen and oxygen atoms in total. The number of hydrogen-bond acceptors (Lipinski definition) is 6. The lowest BCUT2D eigenvalue weighted by Gasteiger charge is -2.23. The van der Waals surface area contributed by atoms with E-state index >= 15 is 0 Å². The molecule has 0 bridgehead atoms. The summed E-state index contributed by atoms with van der Waals surface area (Å²) >= 11 is 0. The Hall–Kier alpha value is -3.10. The molecule has 1 aromatic rings. The van der Waals surface area contributed by atoms with Crippen LogP contribution in [0.1, 0.15) is 38.7 Å². The first-order valence-corrected chi connectivity index (χ1v) is 10.2. The topological polar surface area (TPSA) is 153 Å². The number of hydrogen-bond donors (Lipinski definition) is 3. The van der Waals surface area contributed by atoms with E-state index in [-0.39, 0.29) is 31.7 Å². The first-order chi connectivity index (χ1) is 14.8. The molecular weight excluding hydrogens is 402 g/mol. The Morgan fingerprint density at radius 3 is 2.42 bits per heavy atom. The smallest absolute Gasteiger partial charge is 0.328 e. The number of aliphatic hydroxyl groups is 1. The summed E-state index contributed by atoms with van der Waals surface area (Å²) in [5, 5.41) is 18.3. The van der Waals surface area contributed by atoms with Gasteiger partial charge < -0.3 is 20.5 Å². The van der Waals surface area contributed by atoms with Gasteiger partial charge in [-0.05, 0) is 29.9 Å². The van der Waals surface area contributed by atoms with E-state index in [0.29, 0.717) is 6.42 Å². The van der Waals surface area contributed by atoms with Gasteiger partial charge in [0.05, 0.1) is 19.8 Å². The van der Waals surface area contributed by atoms with Crippen molar-refractivity contribution in [3.63, 3.8) is 0 Å². The van der Waals surface area contributed by atoms with Crippen molar-refractivity contribution in [2.75, 3.05) is 13.7 Å². The largest absolute Gasteiger partial charge is 0.467 e. The Morgan fingerprint density at radius 1 is 1.16 bits per heavy atom. The first kappa shape index (κ1) is 25.9. The zero-order valence-corrected chi connectivity index (χ0v) is 18.2. The van der Waals surface area contributed by atoms with E-state index in [4.69, 9.17) is 10.3 Å². The molecule has 0 aliphatic carbocycles. The lowest BCUT2D eigenvalue weighted by atomic mass is 10.0. The van der Waals surface area contributed by atoms with Gasteiger partial charge in [-0.2, -0.15) is 0 Å². The zero-order valence-electron chi connectivity index (χ0n) is 18.2. The van der Waals surface area contributed by atoms with Gasteiger partial charge >= 0.3 is 5.97 Å². The predicted octanol–water partition coefficient (Wildman–Crippen LogP) is 1.87. The molecule has 0 aliphatic rings. The second kappa shape index (κ2) is 14.0. The van der Waals surface area contributed by atoms with Crippen LogP contribution in [0.5, 0.6) is 0 Å².